The zero-order valence-corrected chi connectivity index (χ0v) is 11.7. The monoisotopic (exact) mass is 243 g/mol. The highest BCUT2D eigenvalue weighted by Crippen LogP contribution is 2.20. The standard InChI is InChI=1S/C14H29NO2/c1-4-8-14(16)13(5-2)15-10-7-9-12(11-15)17-6-3/h12-14,16H,4-11H2,1-3H3. The van der Waals surface area contributed by atoms with Gasteiger partial charge >= 0.3 is 0 Å². The molecule has 1 aliphatic heterocycles. The van der Waals surface area contributed by atoms with Crippen LogP contribution in [0.25, 0.3) is 0 Å². The third-order valence-electron chi connectivity index (χ3n) is 3.73. The topological polar surface area (TPSA) is 32.7 Å². The lowest BCUT2D eigenvalue weighted by Gasteiger charge is -2.39. The van der Waals surface area contributed by atoms with Gasteiger partial charge in [0.15, 0.2) is 0 Å². The Morgan fingerprint density at radius 1 is 1.35 bits per heavy atom. The summed E-state index contributed by atoms with van der Waals surface area (Å²) in [6, 6.07) is 0.318. The molecular weight excluding hydrogens is 214 g/mol. The summed E-state index contributed by atoms with van der Waals surface area (Å²) in [5, 5.41) is 10.2. The molecule has 0 saturated carbocycles. The fourth-order valence-electron chi connectivity index (χ4n) is 2.90. The van der Waals surface area contributed by atoms with Crippen LogP contribution < -0.4 is 0 Å². The van der Waals surface area contributed by atoms with Crippen LogP contribution in [0.3, 0.4) is 0 Å². The van der Waals surface area contributed by atoms with Gasteiger partial charge in [0.2, 0.25) is 0 Å². The molecule has 0 bridgehead atoms. The average Bonchev–Trinajstić information content (AvgIpc) is 2.31. The number of ether oxygens (including phenoxy) is 1. The van der Waals surface area contributed by atoms with Gasteiger partial charge in [0.25, 0.3) is 0 Å². The van der Waals surface area contributed by atoms with Gasteiger partial charge in [0, 0.05) is 19.2 Å². The highest BCUT2D eigenvalue weighted by Gasteiger charge is 2.28. The number of nitrogens with zero attached hydrogens (tertiary/aromatic N) is 1. The maximum Gasteiger partial charge on any atom is 0.0702 e. The molecule has 3 atom stereocenters. The fourth-order valence-corrected chi connectivity index (χ4v) is 2.90. The van der Waals surface area contributed by atoms with Gasteiger partial charge in [0.05, 0.1) is 12.2 Å². The fraction of sp³-hybridized carbons (Fsp3) is 1.00. The Bertz CT molecular complexity index is 197. The van der Waals surface area contributed by atoms with E-state index in [1.165, 1.54) is 12.8 Å². The summed E-state index contributed by atoms with van der Waals surface area (Å²) in [6.07, 6.45) is 5.56. The predicted octanol–water partition coefficient (Wildman–Crippen LogP) is 2.43. The second kappa shape index (κ2) is 8.06. The summed E-state index contributed by atoms with van der Waals surface area (Å²) in [5.41, 5.74) is 0. The van der Waals surface area contributed by atoms with E-state index in [0.717, 1.165) is 39.0 Å². The molecule has 3 unspecified atom stereocenters. The summed E-state index contributed by atoms with van der Waals surface area (Å²) >= 11 is 0. The number of aliphatic hydroxyl groups excluding tert-OH is 1. The number of rotatable bonds is 7. The smallest absolute Gasteiger partial charge is 0.0702 e. The molecule has 1 heterocycles. The van der Waals surface area contributed by atoms with Gasteiger partial charge in [0.1, 0.15) is 0 Å². The zero-order chi connectivity index (χ0) is 12.7. The van der Waals surface area contributed by atoms with Crippen molar-refractivity contribution in [1.82, 2.24) is 4.90 Å². The highest BCUT2D eigenvalue weighted by atomic mass is 16.5. The summed E-state index contributed by atoms with van der Waals surface area (Å²) in [5.74, 6) is 0. The minimum Gasteiger partial charge on any atom is -0.391 e. The van der Waals surface area contributed by atoms with Gasteiger partial charge in [-0.15, -0.1) is 0 Å². The van der Waals surface area contributed by atoms with Crippen LogP contribution in [0.15, 0.2) is 0 Å². The third-order valence-corrected chi connectivity index (χ3v) is 3.73. The second-order valence-electron chi connectivity index (χ2n) is 5.05. The Balaban J connectivity index is 2.49. The Morgan fingerprint density at radius 3 is 2.71 bits per heavy atom. The van der Waals surface area contributed by atoms with Crippen LogP contribution in [0.5, 0.6) is 0 Å². The van der Waals surface area contributed by atoms with E-state index >= 15 is 0 Å². The summed E-state index contributed by atoms with van der Waals surface area (Å²) < 4.78 is 5.72. The molecule has 1 aliphatic rings. The molecule has 3 nitrogen and oxygen atoms in total. The summed E-state index contributed by atoms with van der Waals surface area (Å²) in [7, 11) is 0. The number of piperidine rings is 1. The molecule has 0 aromatic carbocycles. The molecule has 1 N–H and O–H groups in total. The van der Waals surface area contributed by atoms with Gasteiger partial charge in [-0.3, -0.25) is 4.90 Å². The number of hydrogen-bond donors (Lipinski definition) is 1. The SMILES string of the molecule is CCCC(O)C(CC)N1CCCC(OCC)C1. The van der Waals surface area contributed by atoms with Gasteiger partial charge < -0.3 is 9.84 Å². The maximum absolute atomic E-state index is 10.2. The Labute approximate surface area is 106 Å². The van der Waals surface area contributed by atoms with E-state index in [4.69, 9.17) is 4.74 Å². The van der Waals surface area contributed by atoms with Crippen molar-refractivity contribution in [1.29, 1.82) is 0 Å². The summed E-state index contributed by atoms with van der Waals surface area (Å²) in [6.45, 7) is 9.27. The van der Waals surface area contributed by atoms with Gasteiger partial charge in [-0.2, -0.15) is 0 Å². The normalized spacial score (nSPS) is 25.8. The van der Waals surface area contributed by atoms with E-state index in [-0.39, 0.29) is 6.10 Å². The Hall–Kier alpha value is -0.120. The van der Waals surface area contributed by atoms with Crippen molar-refractivity contribution >= 4 is 0 Å². The number of aliphatic hydroxyl groups is 1. The lowest BCUT2D eigenvalue weighted by atomic mass is 9.98. The van der Waals surface area contributed by atoms with Crippen LogP contribution in [0.1, 0.15) is 52.9 Å². The molecule has 3 heteroatoms. The predicted molar refractivity (Wildman–Crippen MR) is 71.2 cm³/mol. The van der Waals surface area contributed by atoms with Gasteiger partial charge in [-0.1, -0.05) is 20.3 Å². The molecule has 1 fully saturated rings. The van der Waals surface area contributed by atoms with Crippen LogP contribution in [0, 0.1) is 0 Å². The van der Waals surface area contributed by atoms with E-state index in [1.54, 1.807) is 0 Å². The average molecular weight is 243 g/mol. The van der Waals surface area contributed by atoms with Gasteiger partial charge in [-0.25, -0.2) is 0 Å². The van der Waals surface area contributed by atoms with Crippen LogP contribution in [-0.2, 0) is 4.74 Å². The molecule has 0 aromatic heterocycles. The van der Waals surface area contributed by atoms with Crippen LogP contribution in [0.4, 0.5) is 0 Å². The highest BCUT2D eigenvalue weighted by molar-refractivity contribution is 4.83. The van der Waals surface area contributed by atoms with E-state index in [9.17, 15) is 5.11 Å². The van der Waals surface area contributed by atoms with Crippen LogP contribution >= 0.6 is 0 Å². The molecule has 0 amide bonds. The lowest BCUT2D eigenvalue weighted by molar-refractivity contribution is -0.0350. The molecular formula is C14H29NO2. The Kier molecular flexibility index (Phi) is 7.09. The quantitative estimate of drug-likeness (QED) is 0.745. The first-order chi connectivity index (χ1) is 8.22. The molecule has 1 saturated heterocycles. The lowest BCUT2D eigenvalue weighted by Crippen LogP contribution is -2.50. The van der Waals surface area contributed by atoms with E-state index in [2.05, 4.69) is 25.7 Å². The van der Waals surface area contributed by atoms with E-state index < -0.39 is 0 Å². The van der Waals surface area contributed by atoms with Gasteiger partial charge in [-0.05, 0) is 39.2 Å². The first-order valence-corrected chi connectivity index (χ1v) is 7.26. The van der Waals surface area contributed by atoms with E-state index in [0.29, 0.717) is 12.1 Å². The molecule has 0 aromatic rings. The van der Waals surface area contributed by atoms with Crippen molar-refractivity contribution in [3.05, 3.63) is 0 Å². The van der Waals surface area contributed by atoms with Crippen LogP contribution in [-0.4, -0.2) is 48.0 Å². The summed E-state index contributed by atoms with van der Waals surface area (Å²) in [4.78, 5) is 2.43. The number of likely N-dealkylation sites (tertiary alicyclic amines) is 1. The number of hydrogen-bond acceptors (Lipinski definition) is 3. The second-order valence-corrected chi connectivity index (χ2v) is 5.05. The first kappa shape index (κ1) is 14.9. The minimum absolute atomic E-state index is 0.176. The molecule has 0 aliphatic carbocycles. The maximum atomic E-state index is 10.2. The molecule has 17 heavy (non-hydrogen) atoms. The van der Waals surface area contributed by atoms with Crippen molar-refractivity contribution in [3.63, 3.8) is 0 Å². The van der Waals surface area contributed by atoms with Crippen molar-refractivity contribution in [2.24, 2.45) is 0 Å². The van der Waals surface area contributed by atoms with Crippen molar-refractivity contribution in [2.45, 2.75) is 71.1 Å². The third kappa shape index (κ3) is 4.57. The first-order valence-electron chi connectivity index (χ1n) is 7.26. The molecule has 102 valence electrons. The largest absolute Gasteiger partial charge is 0.391 e. The minimum atomic E-state index is -0.176. The van der Waals surface area contributed by atoms with Crippen molar-refractivity contribution in [2.75, 3.05) is 19.7 Å². The molecule has 0 radical (unpaired) electrons. The van der Waals surface area contributed by atoms with Crippen molar-refractivity contribution in [3.8, 4) is 0 Å². The van der Waals surface area contributed by atoms with Crippen LogP contribution in [0.2, 0.25) is 0 Å². The zero-order valence-electron chi connectivity index (χ0n) is 11.7. The molecule has 0 spiro atoms. The van der Waals surface area contributed by atoms with Crippen molar-refractivity contribution < 1.29 is 9.84 Å². The van der Waals surface area contributed by atoms with E-state index in [1.807, 2.05) is 0 Å². The molecule has 1 rings (SSSR count). The Morgan fingerprint density at radius 2 is 2.12 bits per heavy atom.